The van der Waals surface area contributed by atoms with Crippen molar-refractivity contribution in [1.29, 1.82) is 0 Å². The molecule has 1 saturated heterocycles. The average Bonchev–Trinajstić information content (AvgIpc) is 3.57. The van der Waals surface area contributed by atoms with Crippen LogP contribution in [-0.2, 0) is 6.54 Å². The minimum atomic E-state index is -0.653. The SMILES string of the molecule is Cc1cccc2nc(C(=O)NC3CCC(NC(=O)c4cc(F)cnc4Oc4cccc(-c5ccc(CN6C[C@@H](C)N[C@@H](C)C6)c(O)c5)c4)CC3)cn12. The number of nitrogens with zero attached hydrogens (tertiary/aromatic N) is 4. The second kappa shape index (κ2) is 15.1. The number of carbonyl (C=O) groups excluding carboxylic acids is 2. The normalized spacial score (nSPS) is 20.8. The number of carbonyl (C=O) groups is 2. The van der Waals surface area contributed by atoms with Crippen molar-refractivity contribution >= 4 is 17.5 Å². The highest BCUT2D eigenvalue weighted by molar-refractivity contribution is 5.96. The van der Waals surface area contributed by atoms with E-state index in [4.69, 9.17) is 4.74 Å². The number of hydrogen-bond donors (Lipinski definition) is 4. The molecular weight excluding hydrogens is 661 g/mol. The summed E-state index contributed by atoms with van der Waals surface area (Å²) in [4.78, 5) is 37.3. The predicted molar refractivity (Wildman–Crippen MR) is 196 cm³/mol. The van der Waals surface area contributed by atoms with Gasteiger partial charge in [-0.25, -0.2) is 14.4 Å². The average molecular weight is 706 g/mol. The van der Waals surface area contributed by atoms with E-state index in [1.54, 1.807) is 24.4 Å². The van der Waals surface area contributed by atoms with Gasteiger partial charge in [0.05, 0.1) is 6.20 Å². The number of piperazine rings is 1. The maximum Gasteiger partial charge on any atom is 0.271 e. The first kappa shape index (κ1) is 35.1. The molecule has 270 valence electrons. The predicted octanol–water partition coefficient (Wildman–Crippen LogP) is 5.99. The minimum absolute atomic E-state index is 0.0125. The number of nitrogens with one attached hydrogen (secondary N) is 3. The molecule has 52 heavy (non-hydrogen) atoms. The third kappa shape index (κ3) is 8.08. The molecule has 2 fully saturated rings. The summed E-state index contributed by atoms with van der Waals surface area (Å²) in [6, 6.07) is 20.3. The Bertz CT molecular complexity index is 2080. The van der Waals surface area contributed by atoms with Crippen LogP contribution < -0.4 is 20.7 Å². The lowest BCUT2D eigenvalue weighted by Gasteiger charge is -2.36. The first-order valence-corrected chi connectivity index (χ1v) is 17.9. The van der Waals surface area contributed by atoms with Gasteiger partial charge in [0.2, 0.25) is 5.88 Å². The van der Waals surface area contributed by atoms with Crippen molar-refractivity contribution in [1.82, 2.24) is 35.2 Å². The van der Waals surface area contributed by atoms with Crippen LogP contribution >= 0.6 is 0 Å². The topological polar surface area (TPSA) is 133 Å². The third-order valence-corrected chi connectivity index (χ3v) is 9.88. The smallest absolute Gasteiger partial charge is 0.271 e. The Morgan fingerprint density at radius 2 is 1.62 bits per heavy atom. The van der Waals surface area contributed by atoms with Crippen LogP contribution in [0.2, 0.25) is 0 Å². The van der Waals surface area contributed by atoms with Gasteiger partial charge in [-0.1, -0.05) is 30.3 Å². The zero-order chi connectivity index (χ0) is 36.4. The molecule has 1 aliphatic carbocycles. The second-order valence-electron chi connectivity index (χ2n) is 14.2. The Kier molecular flexibility index (Phi) is 10.2. The van der Waals surface area contributed by atoms with Gasteiger partial charge in [-0.05, 0) is 94.0 Å². The molecule has 0 unspecified atom stereocenters. The van der Waals surface area contributed by atoms with Crippen LogP contribution in [0, 0.1) is 12.7 Å². The van der Waals surface area contributed by atoms with Gasteiger partial charge >= 0.3 is 0 Å². The zero-order valence-electron chi connectivity index (χ0n) is 29.6. The molecule has 11 nitrogen and oxygen atoms in total. The fraction of sp³-hybridized carbons (Fsp3) is 0.350. The van der Waals surface area contributed by atoms with Crippen LogP contribution in [0.25, 0.3) is 16.8 Å². The first-order chi connectivity index (χ1) is 25.1. The molecule has 1 saturated carbocycles. The van der Waals surface area contributed by atoms with E-state index >= 15 is 0 Å². The Morgan fingerprint density at radius 3 is 2.33 bits per heavy atom. The number of rotatable bonds is 9. The number of ether oxygens (including phenoxy) is 1. The van der Waals surface area contributed by atoms with E-state index in [0.717, 1.165) is 53.4 Å². The summed E-state index contributed by atoms with van der Waals surface area (Å²) in [5.74, 6) is -0.747. The first-order valence-electron chi connectivity index (χ1n) is 17.9. The number of imidazole rings is 1. The molecule has 0 bridgehead atoms. The van der Waals surface area contributed by atoms with Crippen LogP contribution in [0.3, 0.4) is 0 Å². The van der Waals surface area contributed by atoms with Gasteiger partial charge in [-0.3, -0.25) is 14.5 Å². The minimum Gasteiger partial charge on any atom is -0.508 e. The summed E-state index contributed by atoms with van der Waals surface area (Å²) in [7, 11) is 0. The number of pyridine rings is 2. The Balaban J connectivity index is 0.966. The summed E-state index contributed by atoms with van der Waals surface area (Å²) < 4.78 is 22.4. The lowest BCUT2D eigenvalue weighted by Crippen LogP contribution is -2.53. The van der Waals surface area contributed by atoms with E-state index < -0.39 is 11.7 Å². The van der Waals surface area contributed by atoms with Crippen LogP contribution in [0.4, 0.5) is 4.39 Å². The van der Waals surface area contributed by atoms with Crippen molar-refractivity contribution < 1.29 is 23.8 Å². The highest BCUT2D eigenvalue weighted by Crippen LogP contribution is 2.32. The van der Waals surface area contributed by atoms with Crippen LogP contribution in [0.15, 0.2) is 79.1 Å². The molecule has 0 radical (unpaired) electrons. The Morgan fingerprint density at radius 1 is 0.923 bits per heavy atom. The van der Waals surface area contributed by atoms with Gasteiger partial charge in [0.25, 0.3) is 11.8 Å². The molecule has 12 heteroatoms. The van der Waals surface area contributed by atoms with Gasteiger partial charge < -0.3 is 30.2 Å². The van der Waals surface area contributed by atoms with E-state index in [-0.39, 0.29) is 35.2 Å². The number of aryl methyl sites for hydroxylation is 1. The highest BCUT2D eigenvalue weighted by Gasteiger charge is 2.27. The fourth-order valence-corrected chi connectivity index (χ4v) is 7.37. The van der Waals surface area contributed by atoms with E-state index in [0.29, 0.717) is 55.8 Å². The van der Waals surface area contributed by atoms with Crippen LogP contribution in [-0.4, -0.2) is 73.4 Å². The molecule has 2 amide bonds. The zero-order valence-corrected chi connectivity index (χ0v) is 29.6. The summed E-state index contributed by atoms with van der Waals surface area (Å²) >= 11 is 0. The van der Waals surface area contributed by atoms with Crippen molar-refractivity contribution in [3.63, 3.8) is 0 Å². The molecule has 2 atom stereocenters. The Labute approximate surface area is 302 Å². The largest absolute Gasteiger partial charge is 0.508 e. The van der Waals surface area contributed by atoms with E-state index in [2.05, 4.69) is 44.7 Å². The lowest BCUT2D eigenvalue weighted by molar-refractivity contribution is 0.0888. The number of aromatic nitrogens is 3. The quantitative estimate of drug-likeness (QED) is 0.147. The lowest BCUT2D eigenvalue weighted by atomic mass is 9.91. The Hall–Kier alpha value is -5.33. The van der Waals surface area contributed by atoms with Crippen molar-refractivity contribution in [2.24, 2.45) is 0 Å². The molecular formula is C40H44FN7O4. The molecule has 2 aliphatic rings. The van der Waals surface area contributed by atoms with Gasteiger partial charge in [-0.2, -0.15) is 0 Å². The number of aromatic hydroxyl groups is 1. The van der Waals surface area contributed by atoms with Crippen LogP contribution in [0.5, 0.6) is 17.4 Å². The maximum absolute atomic E-state index is 14.4. The number of fused-ring (bicyclic) bond motifs is 1. The molecule has 7 rings (SSSR count). The summed E-state index contributed by atoms with van der Waals surface area (Å²) in [6.45, 7) is 8.78. The van der Waals surface area contributed by atoms with Crippen molar-refractivity contribution in [2.75, 3.05) is 13.1 Å². The number of phenolic OH excluding ortho intramolecular Hbond substituents is 1. The van der Waals surface area contributed by atoms with Gasteiger partial charge in [0.1, 0.15) is 34.2 Å². The summed E-state index contributed by atoms with van der Waals surface area (Å²) in [6.07, 6.45) is 5.39. The molecule has 4 heterocycles. The second-order valence-corrected chi connectivity index (χ2v) is 14.2. The maximum atomic E-state index is 14.4. The van der Waals surface area contributed by atoms with Crippen LogP contribution in [0.1, 0.15) is 71.6 Å². The van der Waals surface area contributed by atoms with Gasteiger partial charge in [0, 0.05) is 61.3 Å². The third-order valence-electron chi connectivity index (χ3n) is 9.88. The summed E-state index contributed by atoms with van der Waals surface area (Å²) in [5.41, 5.74) is 4.53. The summed E-state index contributed by atoms with van der Waals surface area (Å²) in [5, 5.41) is 20.6. The highest BCUT2D eigenvalue weighted by atomic mass is 19.1. The molecule has 5 aromatic rings. The van der Waals surface area contributed by atoms with Crippen molar-refractivity contribution in [2.45, 2.75) is 77.2 Å². The molecule has 1 aliphatic heterocycles. The number of halogens is 1. The van der Waals surface area contributed by atoms with E-state index in [1.165, 1.54) is 0 Å². The molecule has 4 N–H and O–H groups in total. The monoisotopic (exact) mass is 705 g/mol. The molecule has 2 aromatic carbocycles. The number of hydrogen-bond acceptors (Lipinski definition) is 8. The standard InChI is InChI=1S/C40H44FN7O4/c1-24-20-47(21-25(2)43-24)22-29-11-10-28(17-36(29)49)27-7-5-8-33(16-27)52-40-34(18-30(41)19-42-40)38(50)44-31-12-14-32(15-13-31)45-39(51)35-23-48-26(3)6-4-9-37(48)46-35/h4-11,16-19,23-25,31-32,43,49H,12-15,20-22H2,1-3H3,(H,44,50)(H,45,51)/t24-,25+,31?,32?. The van der Waals surface area contributed by atoms with E-state index in [9.17, 15) is 19.1 Å². The van der Waals surface area contributed by atoms with Gasteiger partial charge in [-0.15, -0.1) is 0 Å². The van der Waals surface area contributed by atoms with E-state index in [1.807, 2.05) is 53.8 Å². The number of amides is 2. The van der Waals surface area contributed by atoms with Crippen molar-refractivity contribution in [3.8, 4) is 28.5 Å². The van der Waals surface area contributed by atoms with Gasteiger partial charge in [0.15, 0.2) is 0 Å². The molecule has 0 spiro atoms. The number of phenols is 1. The fourth-order valence-electron chi connectivity index (χ4n) is 7.37. The molecule has 3 aromatic heterocycles. The number of benzene rings is 2. The van der Waals surface area contributed by atoms with Crippen molar-refractivity contribution in [3.05, 3.63) is 107 Å².